The molecule has 0 unspecified atom stereocenters. The molecule has 138 valence electrons. The predicted octanol–water partition coefficient (Wildman–Crippen LogP) is 2.15. The zero-order chi connectivity index (χ0) is 18.8. The SMILES string of the molecule is Cn1nc(NC(=O)CN2CCOC2=O)c2c(Oc3cccnc3)cccc21. The summed E-state index contributed by atoms with van der Waals surface area (Å²) >= 11 is 0. The van der Waals surface area contributed by atoms with Crippen molar-refractivity contribution in [3.05, 3.63) is 42.7 Å². The number of nitrogens with one attached hydrogen (secondary N) is 1. The first-order valence-electron chi connectivity index (χ1n) is 8.37. The Bertz CT molecular complexity index is 1000. The van der Waals surface area contributed by atoms with Gasteiger partial charge in [0, 0.05) is 13.2 Å². The minimum Gasteiger partial charge on any atom is -0.455 e. The number of rotatable bonds is 5. The predicted molar refractivity (Wildman–Crippen MR) is 96.6 cm³/mol. The maximum absolute atomic E-state index is 12.4. The first kappa shape index (κ1) is 16.8. The van der Waals surface area contributed by atoms with Crippen LogP contribution < -0.4 is 10.1 Å². The molecule has 1 N–H and O–H groups in total. The zero-order valence-corrected chi connectivity index (χ0v) is 14.6. The molecule has 0 saturated carbocycles. The fourth-order valence-electron chi connectivity index (χ4n) is 2.90. The van der Waals surface area contributed by atoms with E-state index in [1.165, 1.54) is 4.90 Å². The summed E-state index contributed by atoms with van der Waals surface area (Å²) in [4.78, 5) is 29.3. The Morgan fingerprint density at radius 2 is 2.22 bits per heavy atom. The molecule has 0 bridgehead atoms. The van der Waals surface area contributed by atoms with Gasteiger partial charge in [0.05, 0.1) is 23.6 Å². The number of carbonyl (C=O) groups is 2. The highest BCUT2D eigenvalue weighted by atomic mass is 16.6. The molecular formula is C18H17N5O4. The Kier molecular flexibility index (Phi) is 4.33. The summed E-state index contributed by atoms with van der Waals surface area (Å²) in [5, 5.41) is 7.81. The molecule has 1 aliphatic heterocycles. The number of fused-ring (bicyclic) bond motifs is 1. The molecule has 0 atom stereocenters. The number of amides is 2. The summed E-state index contributed by atoms with van der Waals surface area (Å²) in [6, 6.07) is 9.09. The Labute approximate surface area is 154 Å². The first-order chi connectivity index (χ1) is 13.1. The van der Waals surface area contributed by atoms with Crippen LogP contribution in [0.1, 0.15) is 0 Å². The van der Waals surface area contributed by atoms with Gasteiger partial charge in [-0.25, -0.2) is 4.79 Å². The second-order valence-corrected chi connectivity index (χ2v) is 6.00. The zero-order valence-electron chi connectivity index (χ0n) is 14.6. The quantitative estimate of drug-likeness (QED) is 0.742. The summed E-state index contributed by atoms with van der Waals surface area (Å²) < 4.78 is 12.4. The molecule has 1 saturated heterocycles. The molecule has 27 heavy (non-hydrogen) atoms. The van der Waals surface area contributed by atoms with Gasteiger partial charge in [-0.05, 0) is 24.3 Å². The lowest BCUT2D eigenvalue weighted by molar-refractivity contribution is -0.116. The number of anilines is 1. The Morgan fingerprint density at radius 3 is 2.96 bits per heavy atom. The maximum atomic E-state index is 12.4. The first-order valence-corrected chi connectivity index (χ1v) is 8.37. The van der Waals surface area contributed by atoms with E-state index in [0.717, 1.165) is 5.52 Å². The summed E-state index contributed by atoms with van der Waals surface area (Å²) in [6.45, 7) is 0.592. The van der Waals surface area contributed by atoms with Crippen molar-refractivity contribution in [2.24, 2.45) is 7.05 Å². The standard InChI is InChI=1S/C18H17N5O4/c1-22-13-5-2-6-14(27-12-4-3-7-19-10-12)16(13)17(21-22)20-15(24)11-23-8-9-26-18(23)25/h2-7,10H,8-9,11H2,1H3,(H,20,21,24). The van der Waals surface area contributed by atoms with E-state index in [0.29, 0.717) is 35.9 Å². The summed E-state index contributed by atoms with van der Waals surface area (Å²) in [5.74, 6) is 1.13. The van der Waals surface area contributed by atoms with E-state index in [-0.39, 0.29) is 12.5 Å². The van der Waals surface area contributed by atoms with Gasteiger partial charge < -0.3 is 14.8 Å². The average molecular weight is 367 g/mol. The van der Waals surface area contributed by atoms with Crippen LogP contribution in [0, 0.1) is 0 Å². The van der Waals surface area contributed by atoms with Gasteiger partial charge in [0.1, 0.15) is 24.7 Å². The highest BCUT2D eigenvalue weighted by Crippen LogP contribution is 2.34. The minimum absolute atomic E-state index is 0.0947. The number of aryl methyl sites for hydroxylation is 1. The van der Waals surface area contributed by atoms with E-state index < -0.39 is 6.09 Å². The molecule has 0 radical (unpaired) electrons. The van der Waals surface area contributed by atoms with Gasteiger partial charge in [-0.1, -0.05) is 6.07 Å². The van der Waals surface area contributed by atoms with Crippen LogP contribution in [-0.4, -0.2) is 51.4 Å². The van der Waals surface area contributed by atoms with E-state index in [1.807, 2.05) is 12.1 Å². The largest absolute Gasteiger partial charge is 0.455 e. The number of pyridine rings is 1. The molecule has 3 aromatic rings. The van der Waals surface area contributed by atoms with Crippen LogP contribution in [-0.2, 0) is 16.6 Å². The van der Waals surface area contributed by atoms with Crippen LogP contribution in [0.5, 0.6) is 11.5 Å². The topological polar surface area (TPSA) is 98.6 Å². The molecular weight excluding hydrogens is 350 g/mol. The molecule has 0 spiro atoms. The van der Waals surface area contributed by atoms with Crippen LogP contribution in [0.25, 0.3) is 10.9 Å². The monoisotopic (exact) mass is 367 g/mol. The lowest BCUT2D eigenvalue weighted by Crippen LogP contribution is -2.33. The van der Waals surface area contributed by atoms with Gasteiger partial charge in [0.15, 0.2) is 5.82 Å². The van der Waals surface area contributed by atoms with Crippen molar-refractivity contribution in [3.8, 4) is 11.5 Å². The normalized spacial score (nSPS) is 13.7. The summed E-state index contributed by atoms with van der Waals surface area (Å²) in [6.07, 6.45) is 2.77. The van der Waals surface area contributed by atoms with Crippen LogP contribution in [0.2, 0.25) is 0 Å². The summed E-state index contributed by atoms with van der Waals surface area (Å²) in [5.41, 5.74) is 0.798. The number of cyclic esters (lactones) is 1. The molecule has 1 aliphatic rings. The van der Waals surface area contributed by atoms with Crippen LogP contribution in [0.3, 0.4) is 0 Å². The van der Waals surface area contributed by atoms with Crippen LogP contribution in [0.4, 0.5) is 10.6 Å². The average Bonchev–Trinajstić information content (AvgIpc) is 3.20. The number of carbonyl (C=O) groups excluding carboxylic acids is 2. The minimum atomic E-state index is -0.489. The third kappa shape index (κ3) is 3.39. The lowest BCUT2D eigenvalue weighted by Gasteiger charge is -2.12. The van der Waals surface area contributed by atoms with Crippen LogP contribution in [0.15, 0.2) is 42.7 Å². The van der Waals surface area contributed by atoms with Crippen molar-refractivity contribution in [1.29, 1.82) is 0 Å². The van der Waals surface area contributed by atoms with Gasteiger partial charge in [-0.2, -0.15) is 5.10 Å². The van der Waals surface area contributed by atoms with Crippen molar-refractivity contribution < 1.29 is 19.1 Å². The van der Waals surface area contributed by atoms with E-state index in [4.69, 9.17) is 9.47 Å². The molecule has 9 nitrogen and oxygen atoms in total. The second-order valence-electron chi connectivity index (χ2n) is 6.00. The van der Waals surface area contributed by atoms with Crippen molar-refractivity contribution in [2.75, 3.05) is 25.0 Å². The van der Waals surface area contributed by atoms with Gasteiger partial charge in [0.25, 0.3) is 0 Å². The van der Waals surface area contributed by atoms with Crippen LogP contribution >= 0.6 is 0 Å². The van der Waals surface area contributed by atoms with Crippen molar-refractivity contribution in [3.63, 3.8) is 0 Å². The summed E-state index contributed by atoms with van der Waals surface area (Å²) in [7, 11) is 1.78. The fourth-order valence-corrected chi connectivity index (χ4v) is 2.90. The number of ether oxygens (including phenoxy) is 2. The number of benzene rings is 1. The number of hydrogen-bond acceptors (Lipinski definition) is 6. The Morgan fingerprint density at radius 1 is 1.33 bits per heavy atom. The van der Waals surface area contributed by atoms with Gasteiger partial charge in [-0.15, -0.1) is 0 Å². The second kappa shape index (κ2) is 6.94. The van der Waals surface area contributed by atoms with Crippen molar-refractivity contribution >= 4 is 28.7 Å². The fraction of sp³-hybridized carbons (Fsp3) is 0.222. The van der Waals surface area contributed by atoms with Crippen molar-refractivity contribution in [1.82, 2.24) is 19.7 Å². The smallest absolute Gasteiger partial charge is 0.410 e. The maximum Gasteiger partial charge on any atom is 0.410 e. The molecule has 1 fully saturated rings. The molecule has 4 rings (SSSR count). The molecule has 2 aromatic heterocycles. The lowest BCUT2D eigenvalue weighted by atomic mass is 10.2. The Hall–Kier alpha value is -3.62. The van der Waals surface area contributed by atoms with Crippen molar-refractivity contribution in [2.45, 2.75) is 0 Å². The van der Waals surface area contributed by atoms with Gasteiger partial charge in [-0.3, -0.25) is 19.4 Å². The van der Waals surface area contributed by atoms with Gasteiger partial charge in [0.2, 0.25) is 5.91 Å². The highest BCUT2D eigenvalue weighted by Gasteiger charge is 2.25. The van der Waals surface area contributed by atoms with Gasteiger partial charge >= 0.3 is 6.09 Å². The molecule has 3 heterocycles. The third-order valence-electron chi connectivity index (χ3n) is 4.14. The third-order valence-corrected chi connectivity index (χ3v) is 4.14. The Balaban J connectivity index is 1.62. The highest BCUT2D eigenvalue weighted by molar-refractivity contribution is 6.03. The molecule has 9 heteroatoms. The molecule has 1 aromatic carbocycles. The number of nitrogens with zero attached hydrogens (tertiary/aromatic N) is 4. The number of aromatic nitrogens is 3. The van der Waals surface area contributed by atoms with E-state index >= 15 is 0 Å². The molecule has 0 aliphatic carbocycles. The van der Waals surface area contributed by atoms with E-state index in [2.05, 4.69) is 15.4 Å². The molecule has 2 amide bonds. The van der Waals surface area contributed by atoms with E-state index in [1.54, 1.807) is 42.3 Å². The van der Waals surface area contributed by atoms with E-state index in [9.17, 15) is 9.59 Å². The number of hydrogen-bond donors (Lipinski definition) is 1.